The van der Waals surface area contributed by atoms with E-state index in [1.807, 2.05) is 12.1 Å². The molecule has 0 bridgehead atoms. The van der Waals surface area contributed by atoms with E-state index < -0.39 is 15.8 Å². The molecule has 0 atom stereocenters. The van der Waals surface area contributed by atoms with E-state index >= 15 is 0 Å². The first-order valence-corrected chi connectivity index (χ1v) is 13.0. The van der Waals surface area contributed by atoms with Gasteiger partial charge in [-0.15, -0.1) is 0 Å². The number of esters is 1. The van der Waals surface area contributed by atoms with Gasteiger partial charge in [0.25, 0.3) is 0 Å². The first-order valence-electron chi connectivity index (χ1n) is 11.4. The molecule has 0 aliphatic carbocycles. The molecule has 0 saturated carbocycles. The zero-order valence-electron chi connectivity index (χ0n) is 18.9. The minimum absolute atomic E-state index is 0.0870. The van der Waals surface area contributed by atoms with Crippen molar-refractivity contribution in [2.45, 2.75) is 43.4 Å². The van der Waals surface area contributed by atoms with Crippen molar-refractivity contribution in [3.05, 3.63) is 61.2 Å². The summed E-state index contributed by atoms with van der Waals surface area (Å²) >= 11 is 0. The Balaban J connectivity index is 1.44. The van der Waals surface area contributed by atoms with E-state index in [4.69, 9.17) is 4.74 Å². The molecule has 2 aromatic rings. The van der Waals surface area contributed by atoms with E-state index in [2.05, 4.69) is 33.8 Å². The average molecular weight is 470 g/mol. The number of sulfone groups is 1. The molecular weight excluding hydrogens is 438 g/mol. The lowest BCUT2D eigenvalue weighted by molar-refractivity contribution is -0.137. The van der Waals surface area contributed by atoms with Gasteiger partial charge in [-0.2, -0.15) is 10.2 Å². The Morgan fingerprint density at radius 2 is 1.48 bits per heavy atom. The highest BCUT2D eigenvalue weighted by Crippen LogP contribution is 2.25. The van der Waals surface area contributed by atoms with Crippen LogP contribution in [0.3, 0.4) is 0 Å². The van der Waals surface area contributed by atoms with Crippen molar-refractivity contribution in [1.82, 2.24) is 0 Å². The summed E-state index contributed by atoms with van der Waals surface area (Å²) in [7, 11) is -3.34. The van der Waals surface area contributed by atoms with Gasteiger partial charge in [-0.25, -0.2) is 13.2 Å². The number of ether oxygens (including phenoxy) is 1. The number of anilines is 1. The van der Waals surface area contributed by atoms with Gasteiger partial charge in [0.15, 0.2) is 9.84 Å². The van der Waals surface area contributed by atoms with E-state index in [1.54, 1.807) is 24.3 Å². The van der Waals surface area contributed by atoms with E-state index in [9.17, 15) is 13.2 Å². The van der Waals surface area contributed by atoms with Crippen molar-refractivity contribution >= 4 is 32.9 Å². The molecule has 3 rings (SSSR count). The molecule has 7 nitrogen and oxygen atoms in total. The third kappa shape index (κ3) is 7.82. The van der Waals surface area contributed by atoms with Gasteiger partial charge in [-0.1, -0.05) is 19.4 Å². The summed E-state index contributed by atoms with van der Waals surface area (Å²) in [5.41, 5.74) is 2.57. The summed E-state index contributed by atoms with van der Waals surface area (Å²) < 4.78 is 30.0. The van der Waals surface area contributed by atoms with Gasteiger partial charge < -0.3 is 9.64 Å². The number of benzene rings is 2. The van der Waals surface area contributed by atoms with Crippen LogP contribution in [-0.2, 0) is 19.4 Å². The fraction of sp³-hybridized carbons (Fsp3) is 0.400. The highest BCUT2D eigenvalue weighted by atomic mass is 32.2. The molecule has 1 aliphatic rings. The average Bonchev–Trinajstić information content (AvgIpc) is 3.37. The van der Waals surface area contributed by atoms with Crippen molar-refractivity contribution in [1.29, 1.82) is 0 Å². The van der Waals surface area contributed by atoms with Crippen LogP contribution in [0.25, 0.3) is 0 Å². The number of hydrogen-bond donors (Lipinski definition) is 0. The van der Waals surface area contributed by atoms with Crippen molar-refractivity contribution in [2.24, 2.45) is 10.2 Å². The van der Waals surface area contributed by atoms with Gasteiger partial charge >= 0.3 is 5.97 Å². The number of unbranched alkanes of at least 4 members (excludes halogenated alkanes) is 3. The zero-order chi connectivity index (χ0) is 23.5. The Kier molecular flexibility index (Phi) is 9.18. The number of nitrogens with zero attached hydrogens (tertiary/aromatic N) is 3. The molecule has 0 unspecified atom stereocenters. The second-order valence-corrected chi connectivity index (χ2v) is 10.1. The van der Waals surface area contributed by atoms with Crippen LogP contribution < -0.4 is 4.90 Å². The predicted molar refractivity (Wildman–Crippen MR) is 130 cm³/mol. The molecule has 1 fully saturated rings. The van der Waals surface area contributed by atoms with Gasteiger partial charge in [0, 0.05) is 24.9 Å². The Bertz CT molecular complexity index is 1040. The van der Waals surface area contributed by atoms with Crippen molar-refractivity contribution in [3.8, 4) is 0 Å². The minimum atomic E-state index is -3.34. The van der Waals surface area contributed by atoms with Crippen LogP contribution in [0.15, 0.2) is 76.3 Å². The lowest BCUT2D eigenvalue weighted by Gasteiger charge is -2.17. The third-order valence-electron chi connectivity index (χ3n) is 5.52. The summed E-state index contributed by atoms with van der Waals surface area (Å²) in [5.74, 6) is -0.347. The van der Waals surface area contributed by atoms with Gasteiger partial charge in [0.2, 0.25) is 0 Å². The Morgan fingerprint density at radius 1 is 0.909 bits per heavy atom. The summed E-state index contributed by atoms with van der Waals surface area (Å²) in [6, 6.07) is 14.5. The van der Waals surface area contributed by atoms with Crippen molar-refractivity contribution in [3.63, 3.8) is 0 Å². The molecule has 1 heterocycles. The monoisotopic (exact) mass is 469 g/mol. The standard InChI is InChI=1S/C25H31N3O4S/c1-2-25(29)32-19-7-3-4-8-20-33(30,31)24-15-11-22(12-16-24)27-26-21-9-13-23(14-10-21)28-17-5-6-18-28/h2,9-16H,1,3-8,17-20H2. The molecular formula is C25H31N3O4S. The van der Waals surface area contributed by atoms with Crippen LogP contribution in [0, 0.1) is 0 Å². The van der Waals surface area contributed by atoms with Crippen LogP contribution in [0.4, 0.5) is 17.1 Å². The van der Waals surface area contributed by atoms with Crippen LogP contribution in [0.1, 0.15) is 38.5 Å². The number of azo groups is 1. The number of carbonyl (C=O) groups is 1. The SMILES string of the molecule is C=CC(=O)OCCCCCCS(=O)(=O)c1ccc(N=Nc2ccc(N3CCCC3)cc2)cc1. The topological polar surface area (TPSA) is 88.4 Å². The van der Waals surface area contributed by atoms with Gasteiger partial charge in [-0.3, -0.25) is 0 Å². The van der Waals surface area contributed by atoms with E-state index in [1.165, 1.54) is 18.5 Å². The van der Waals surface area contributed by atoms with Crippen LogP contribution >= 0.6 is 0 Å². The molecule has 1 saturated heterocycles. The van der Waals surface area contributed by atoms with Crippen LogP contribution in [0.2, 0.25) is 0 Å². The van der Waals surface area contributed by atoms with Crippen LogP contribution in [-0.4, -0.2) is 39.8 Å². The Labute approximate surface area is 196 Å². The maximum Gasteiger partial charge on any atom is 0.330 e. The van der Waals surface area contributed by atoms with Crippen LogP contribution in [0.5, 0.6) is 0 Å². The van der Waals surface area contributed by atoms with Gasteiger partial charge in [0.1, 0.15) is 0 Å². The summed E-state index contributed by atoms with van der Waals surface area (Å²) in [6.45, 7) is 5.87. The maximum absolute atomic E-state index is 12.5. The fourth-order valence-corrected chi connectivity index (χ4v) is 5.01. The Hall–Kier alpha value is -3.00. The molecule has 0 radical (unpaired) electrons. The Morgan fingerprint density at radius 3 is 2.09 bits per heavy atom. The molecule has 0 amide bonds. The first-order chi connectivity index (χ1) is 16.0. The lowest BCUT2D eigenvalue weighted by Crippen LogP contribution is -2.17. The number of carbonyl (C=O) groups excluding carboxylic acids is 1. The molecule has 0 N–H and O–H groups in total. The summed E-state index contributed by atoms with van der Waals surface area (Å²) in [5, 5.41) is 8.48. The highest BCUT2D eigenvalue weighted by molar-refractivity contribution is 7.91. The second kappa shape index (κ2) is 12.3. The number of hydrogen-bond acceptors (Lipinski definition) is 7. The molecule has 33 heavy (non-hydrogen) atoms. The quantitative estimate of drug-likeness (QED) is 0.170. The third-order valence-corrected chi connectivity index (χ3v) is 7.33. The normalized spacial score (nSPS) is 14.0. The first kappa shape index (κ1) is 24.6. The molecule has 2 aromatic carbocycles. The lowest BCUT2D eigenvalue weighted by atomic mass is 10.2. The molecule has 8 heteroatoms. The molecule has 0 aromatic heterocycles. The van der Waals surface area contributed by atoms with Gasteiger partial charge in [0.05, 0.1) is 28.6 Å². The van der Waals surface area contributed by atoms with Gasteiger partial charge in [-0.05, 0) is 74.2 Å². The summed E-state index contributed by atoms with van der Waals surface area (Å²) in [6.07, 6.45) is 6.44. The smallest absolute Gasteiger partial charge is 0.330 e. The second-order valence-electron chi connectivity index (χ2n) is 8.01. The van der Waals surface area contributed by atoms with Crippen molar-refractivity contribution in [2.75, 3.05) is 30.3 Å². The van der Waals surface area contributed by atoms with E-state index in [0.717, 1.165) is 37.7 Å². The largest absolute Gasteiger partial charge is 0.463 e. The predicted octanol–water partition coefficient (Wildman–Crippen LogP) is 5.77. The van der Waals surface area contributed by atoms with Crippen molar-refractivity contribution < 1.29 is 17.9 Å². The fourth-order valence-electron chi connectivity index (χ4n) is 3.64. The molecule has 176 valence electrons. The zero-order valence-corrected chi connectivity index (χ0v) is 19.7. The van der Waals surface area contributed by atoms with E-state index in [-0.39, 0.29) is 10.6 Å². The van der Waals surface area contributed by atoms with E-state index in [0.29, 0.717) is 25.1 Å². The minimum Gasteiger partial charge on any atom is -0.463 e. The number of rotatable bonds is 12. The molecule has 1 aliphatic heterocycles. The summed E-state index contributed by atoms with van der Waals surface area (Å²) in [4.78, 5) is 13.6. The highest BCUT2D eigenvalue weighted by Gasteiger charge is 2.14. The maximum atomic E-state index is 12.5. The molecule has 0 spiro atoms.